The molecule has 0 aliphatic rings. The maximum absolute atomic E-state index is 11.8. The van der Waals surface area contributed by atoms with Crippen molar-refractivity contribution < 1.29 is 13.2 Å². The molecule has 5 heteroatoms. The summed E-state index contributed by atoms with van der Waals surface area (Å²) in [5.74, 6) is 0. The molecule has 0 aliphatic carbocycles. The van der Waals surface area contributed by atoms with Crippen molar-refractivity contribution in [2.45, 2.75) is 11.8 Å². The molecule has 0 atom stereocenters. The second-order valence-electron chi connectivity index (χ2n) is 5.27. The molecule has 0 aliphatic heterocycles. The first kappa shape index (κ1) is 14.9. The average Bonchev–Trinajstić information content (AvgIpc) is 2.89. The van der Waals surface area contributed by atoms with E-state index in [9.17, 15) is 13.2 Å². The Bertz CT molecular complexity index is 982. The highest BCUT2D eigenvalue weighted by atomic mass is 32.2. The smallest absolute Gasteiger partial charge is 0.175 e. The van der Waals surface area contributed by atoms with Crippen LogP contribution in [0.3, 0.4) is 0 Å². The lowest BCUT2D eigenvalue weighted by molar-refractivity contribution is 0.112. The molecular formula is C17H14O3S2. The van der Waals surface area contributed by atoms with Crippen molar-refractivity contribution in [1.29, 1.82) is 0 Å². The van der Waals surface area contributed by atoms with Gasteiger partial charge in [0, 0.05) is 27.5 Å². The molecule has 2 aromatic carbocycles. The van der Waals surface area contributed by atoms with Gasteiger partial charge in [-0.05, 0) is 47.7 Å². The van der Waals surface area contributed by atoms with Crippen LogP contribution in [0.1, 0.15) is 15.9 Å². The molecule has 0 fully saturated rings. The summed E-state index contributed by atoms with van der Waals surface area (Å²) in [4.78, 5) is 11.3. The summed E-state index contributed by atoms with van der Waals surface area (Å²) in [5, 5.41) is 2.98. The van der Waals surface area contributed by atoms with E-state index in [1.807, 2.05) is 30.5 Å². The molecule has 3 rings (SSSR count). The Morgan fingerprint density at radius 3 is 2.50 bits per heavy atom. The largest absolute Gasteiger partial charge is 0.298 e. The quantitative estimate of drug-likeness (QED) is 0.680. The number of rotatable bonds is 3. The third-order valence-electron chi connectivity index (χ3n) is 3.66. The van der Waals surface area contributed by atoms with Crippen molar-refractivity contribution in [2.75, 3.05) is 6.26 Å². The van der Waals surface area contributed by atoms with Crippen molar-refractivity contribution in [2.24, 2.45) is 0 Å². The van der Waals surface area contributed by atoms with Crippen LogP contribution >= 0.6 is 11.3 Å². The fourth-order valence-corrected chi connectivity index (χ4v) is 4.04. The van der Waals surface area contributed by atoms with Crippen LogP contribution in [0.15, 0.2) is 46.7 Å². The highest BCUT2D eigenvalue weighted by Gasteiger charge is 2.14. The second-order valence-corrected chi connectivity index (χ2v) is 8.20. The third-order valence-corrected chi connectivity index (χ3v) is 5.73. The predicted molar refractivity (Wildman–Crippen MR) is 90.5 cm³/mol. The molecule has 3 nitrogen and oxygen atoms in total. The van der Waals surface area contributed by atoms with Crippen LogP contribution < -0.4 is 0 Å². The van der Waals surface area contributed by atoms with Crippen LogP contribution in [0.5, 0.6) is 0 Å². The van der Waals surface area contributed by atoms with Gasteiger partial charge in [-0.1, -0.05) is 12.1 Å². The number of carbonyl (C=O) groups excluding carboxylic acids is 1. The Labute approximate surface area is 133 Å². The van der Waals surface area contributed by atoms with Gasteiger partial charge in [-0.2, -0.15) is 0 Å². The van der Waals surface area contributed by atoms with Crippen LogP contribution in [0.4, 0.5) is 0 Å². The van der Waals surface area contributed by atoms with E-state index in [-0.39, 0.29) is 0 Å². The summed E-state index contributed by atoms with van der Waals surface area (Å²) in [6.45, 7) is 1.95. The SMILES string of the molecule is Cc1ccc(S(C)(=O)=O)cc1-c1csc2ccc(C=O)cc12. The van der Waals surface area contributed by atoms with Gasteiger partial charge in [-0.3, -0.25) is 4.79 Å². The maximum atomic E-state index is 11.8. The second kappa shape index (κ2) is 5.34. The Morgan fingerprint density at radius 2 is 1.82 bits per heavy atom. The molecule has 0 radical (unpaired) electrons. The summed E-state index contributed by atoms with van der Waals surface area (Å²) in [6.07, 6.45) is 2.03. The number of aldehydes is 1. The molecule has 22 heavy (non-hydrogen) atoms. The van der Waals surface area contributed by atoms with Gasteiger partial charge in [0.2, 0.25) is 0 Å². The van der Waals surface area contributed by atoms with Gasteiger partial charge in [-0.25, -0.2) is 8.42 Å². The lowest BCUT2D eigenvalue weighted by Crippen LogP contribution is -1.98. The van der Waals surface area contributed by atoms with Crippen LogP contribution in [-0.2, 0) is 9.84 Å². The van der Waals surface area contributed by atoms with Gasteiger partial charge in [0.15, 0.2) is 9.84 Å². The van der Waals surface area contributed by atoms with E-state index in [1.54, 1.807) is 29.5 Å². The first-order valence-electron chi connectivity index (χ1n) is 6.67. The van der Waals surface area contributed by atoms with Crippen molar-refractivity contribution in [3.05, 3.63) is 52.9 Å². The third kappa shape index (κ3) is 2.58. The Morgan fingerprint density at radius 1 is 1.05 bits per heavy atom. The minimum absolute atomic E-state index is 0.305. The lowest BCUT2D eigenvalue weighted by atomic mass is 9.99. The van der Waals surface area contributed by atoms with E-state index in [4.69, 9.17) is 0 Å². The molecule has 0 unspecified atom stereocenters. The summed E-state index contributed by atoms with van der Waals surface area (Å²) in [7, 11) is -3.25. The Balaban J connectivity index is 2.29. The molecule has 112 valence electrons. The molecular weight excluding hydrogens is 316 g/mol. The summed E-state index contributed by atoms with van der Waals surface area (Å²) < 4.78 is 24.6. The number of fused-ring (bicyclic) bond motifs is 1. The summed E-state index contributed by atoms with van der Waals surface area (Å²) >= 11 is 1.58. The van der Waals surface area contributed by atoms with E-state index in [2.05, 4.69) is 0 Å². The van der Waals surface area contributed by atoms with E-state index < -0.39 is 9.84 Å². The van der Waals surface area contributed by atoms with Crippen LogP contribution in [-0.4, -0.2) is 21.0 Å². The number of hydrogen-bond donors (Lipinski definition) is 0. The zero-order chi connectivity index (χ0) is 15.9. The number of aryl methyl sites for hydroxylation is 1. The summed E-state index contributed by atoms with van der Waals surface area (Å²) in [6, 6.07) is 10.7. The number of benzene rings is 2. The first-order valence-corrected chi connectivity index (χ1v) is 9.45. The number of hydrogen-bond acceptors (Lipinski definition) is 4. The average molecular weight is 330 g/mol. The van der Waals surface area contributed by atoms with Gasteiger partial charge in [0.05, 0.1) is 4.90 Å². The van der Waals surface area contributed by atoms with E-state index >= 15 is 0 Å². The zero-order valence-corrected chi connectivity index (χ0v) is 13.8. The fourth-order valence-electron chi connectivity index (χ4n) is 2.45. The van der Waals surface area contributed by atoms with E-state index in [0.717, 1.165) is 33.1 Å². The normalized spacial score (nSPS) is 11.7. The van der Waals surface area contributed by atoms with Gasteiger partial charge in [0.1, 0.15) is 6.29 Å². The number of sulfone groups is 1. The monoisotopic (exact) mass is 330 g/mol. The zero-order valence-electron chi connectivity index (χ0n) is 12.2. The highest BCUT2D eigenvalue weighted by molar-refractivity contribution is 7.90. The first-order chi connectivity index (χ1) is 10.4. The van der Waals surface area contributed by atoms with Crippen molar-refractivity contribution in [1.82, 2.24) is 0 Å². The topological polar surface area (TPSA) is 51.2 Å². The van der Waals surface area contributed by atoms with Crippen LogP contribution in [0.2, 0.25) is 0 Å². The fraction of sp³-hybridized carbons (Fsp3) is 0.118. The molecule has 3 aromatic rings. The highest BCUT2D eigenvalue weighted by Crippen LogP contribution is 2.36. The van der Waals surface area contributed by atoms with E-state index in [0.29, 0.717) is 10.5 Å². The van der Waals surface area contributed by atoms with Crippen molar-refractivity contribution >= 4 is 37.5 Å². The van der Waals surface area contributed by atoms with Gasteiger partial charge >= 0.3 is 0 Å². The Hall–Kier alpha value is -1.98. The minimum atomic E-state index is -3.25. The number of thiophene rings is 1. The van der Waals surface area contributed by atoms with Crippen molar-refractivity contribution in [3.63, 3.8) is 0 Å². The molecule has 0 bridgehead atoms. The van der Waals surface area contributed by atoms with Gasteiger partial charge in [0.25, 0.3) is 0 Å². The molecule has 0 spiro atoms. The van der Waals surface area contributed by atoms with E-state index in [1.165, 1.54) is 6.26 Å². The maximum Gasteiger partial charge on any atom is 0.175 e. The molecule has 0 saturated heterocycles. The molecule has 1 heterocycles. The number of carbonyl (C=O) groups is 1. The lowest BCUT2D eigenvalue weighted by Gasteiger charge is -2.08. The van der Waals surface area contributed by atoms with Gasteiger partial charge < -0.3 is 0 Å². The predicted octanol–water partition coefficient (Wildman–Crippen LogP) is 4.09. The van der Waals surface area contributed by atoms with Gasteiger partial charge in [-0.15, -0.1) is 11.3 Å². The van der Waals surface area contributed by atoms with Crippen molar-refractivity contribution in [3.8, 4) is 11.1 Å². The molecule has 0 amide bonds. The Kier molecular flexibility index (Phi) is 3.62. The molecule has 0 saturated carbocycles. The van der Waals surface area contributed by atoms with Crippen LogP contribution in [0.25, 0.3) is 21.2 Å². The molecule has 0 N–H and O–H groups in total. The standard InChI is InChI=1S/C17H14O3S2/c1-11-3-5-13(22(2,19)20)8-14(11)16-10-21-17-6-4-12(9-18)7-15(16)17/h3-10H,1-2H3. The van der Waals surface area contributed by atoms with Crippen LogP contribution in [0, 0.1) is 6.92 Å². The minimum Gasteiger partial charge on any atom is -0.298 e. The summed E-state index contributed by atoms with van der Waals surface area (Å²) in [5.41, 5.74) is 3.47. The molecule has 1 aromatic heterocycles.